The van der Waals surface area contributed by atoms with Gasteiger partial charge in [-0.15, -0.1) is 6.58 Å². The van der Waals surface area contributed by atoms with Crippen LogP contribution in [0.4, 0.5) is 0 Å². The van der Waals surface area contributed by atoms with Crippen LogP contribution in [-0.2, 0) is 19.5 Å². The van der Waals surface area contributed by atoms with E-state index in [9.17, 15) is 0 Å². The number of hydrogen-bond acceptors (Lipinski definition) is 0. The molecule has 0 bridgehead atoms. The maximum absolute atomic E-state index is 3.78. The second kappa shape index (κ2) is 12.1. The van der Waals surface area contributed by atoms with Crippen molar-refractivity contribution in [3.8, 4) is 0 Å². The van der Waals surface area contributed by atoms with Crippen LogP contribution in [-0.4, -0.2) is 0 Å². The van der Waals surface area contributed by atoms with Gasteiger partial charge in [-0.3, -0.25) is 0 Å². The summed E-state index contributed by atoms with van der Waals surface area (Å²) in [6.07, 6.45) is 9.55. The number of hydrogen-bond donors (Lipinski definition) is 0. The number of rotatable bonds is 6. The molecule has 1 heteroatoms. The summed E-state index contributed by atoms with van der Waals surface area (Å²) in [6, 6.07) is 0. The fourth-order valence-corrected chi connectivity index (χ4v) is 0.819. The molecule has 0 rings (SSSR count). The Hall–Kier alpha value is 0.363. The molecule has 0 atom stereocenters. The van der Waals surface area contributed by atoms with E-state index < -0.39 is 0 Å². The quantitative estimate of drug-likeness (QED) is 0.261. The minimum Gasteiger partial charge on any atom is -0.343 e. The van der Waals surface area contributed by atoms with Gasteiger partial charge in [0, 0.05) is 19.5 Å². The van der Waals surface area contributed by atoms with Crippen LogP contribution in [0, 0.1) is 6.92 Å². The van der Waals surface area contributed by atoms with Crippen molar-refractivity contribution < 1.29 is 19.5 Å². The van der Waals surface area contributed by atoms with Crippen molar-refractivity contribution in [3.63, 3.8) is 0 Å². The molecule has 0 amide bonds. The summed E-state index contributed by atoms with van der Waals surface area (Å²) in [7, 11) is 0. The van der Waals surface area contributed by atoms with Crippen molar-refractivity contribution in [1.29, 1.82) is 0 Å². The molecule has 0 aliphatic rings. The maximum Gasteiger partial charge on any atom is 0 e. The standard InChI is InChI=1S/C9H17.Zn/c1-3-5-7-9-8-6-4-2;/h3H,1-2,4-9H2;/q-1;. The van der Waals surface area contributed by atoms with Gasteiger partial charge in [0.15, 0.2) is 0 Å². The van der Waals surface area contributed by atoms with Gasteiger partial charge < -0.3 is 6.92 Å². The van der Waals surface area contributed by atoms with Crippen LogP contribution in [0.15, 0.2) is 12.7 Å². The molecule has 0 saturated carbocycles. The van der Waals surface area contributed by atoms with E-state index in [1.54, 1.807) is 0 Å². The first-order chi connectivity index (χ1) is 4.41. The Morgan fingerprint density at radius 3 is 2.20 bits per heavy atom. The third kappa shape index (κ3) is 11.2. The minimum absolute atomic E-state index is 0. The van der Waals surface area contributed by atoms with Gasteiger partial charge in [0.25, 0.3) is 0 Å². The molecule has 0 radical (unpaired) electrons. The van der Waals surface area contributed by atoms with E-state index in [4.69, 9.17) is 0 Å². The topological polar surface area (TPSA) is 0 Å². The van der Waals surface area contributed by atoms with Gasteiger partial charge in [0.05, 0.1) is 0 Å². The zero-order valence-corrected chi connectivity index (χ0v) is 9.91. The summed E-state index contributed by atoms with van der Waals surface area (Å²) < 4.78 is 0. The number of allylic oxidation sites excluding steroid dienone is 1. The molecule has 0 aromatic heterocycles. The van der Waals surface area contributed by atoms with Gasteiger partial charge in [0.1, 0.15) is 0 Å². The zero-order valence-electron chi connectivity index (χ0n) is 6.94. The third-order valence-electron chi connectivity index (χ3n) is 1.41. The first-order valence-corrected chi connectivity index (χ1v) is 3.82. The molecule has 0 saturated heterocycles. The van der Waals surface area contributed by atoms with Crippen molar-refractivity contribution in [2.75, 3.05) is 0 Å². The van der Waals surface area contributed by atoms with Crippen LogP contribution in [0.25, 0.3) is 0 Å². The second-order valence-electron chi connectivity index (χ2n) is 2.35. The average Bonchev–Trinajstić information content (AvgIpc) is 1.89. The molecule has 10 heavy (non-hydrogen) atoms. The second-order valence-corrected chi connectivity index (χ2v) is 2.35. The minimum atomic E-state index is 0. The summed E-state index contributed by atoms with van der Waals surface area (Å²) in [5, 5.41) is 0. The Bertz CT molecular complexity index is 59.7. The van der Waals surface area contributed by atoms with Crippen LogP contribution in [0.5, 0.6) is 0 Å². The first kappa shape index (κ1) is 13.0. The monoisotopic (exact) mass is 189 g/mol. The molecule has 0 fully saturated rings. The molecule has 0 nitrogen and oxygen atoms in total. The molecular formula is C9H17Zn-. The predicted octanol–water partition coefficient (Wildman–Crippen LogP) is 3.34. The fraction of sp³-hybridized carbons (Fsp3) is 0.667. The van der Waals surface area contributed by atoms with Crippen LogP contribution >= 0.6 is 0 Å². The van der Waals surface area contributed by atoms with E-state index in [2.05, 4.69) is 13.5 Å². The van der Waals surface area contributed by atoms with Crippen molar-refractivity contribution in [1.82, 2.24) is 0 Å². The molecule has 0 aliphatic carbocycles. The van der Waals surface area contributed by atoms with Gasteiger partial charge in [0.2, 0.25) is 0 Å². The molecule has 0 aromatic carbocycles. The molecule has 56 valence electrons. The van der Waals surface area contributed by atoms with Gasteiger partial charge in [-0.2, -0.15) is 6.42 Å². The van der Waals surface area contributed by atoms with E-state index in [1.807, 2.05) is 6.08 Å². The van der Waals surface area contributed by atoms with Gasteiger partial charge in [-0.05, 0) is 12.8 Å². The SMILES string of the molecule is C=CCCCCCC[CH2-].[Zn]. The Balaban J connectivity index is 0. The van der Waals surface area contributed by atoms with Crippen molar-refractivity contribution >= 4 is 0 Å². The van der Waals surface area contributed by atoms with E-state index in [0.717, 1.165) is 6.42 Å². The molecule has 0 spiro atoms. The Morgan fingerprint density at radius 1 is 1.10 bits per heavy atom. The normalized spacial score (nSPS) is 8.50. The molecule has 0 aliphatic heterocycles. The maximum atomic E-state index is 3.78. The van der Waals surface area contributed by atoms with E-state index in [1.165, 1.54) is 32.1 Å². The largest absolute Gasteiger partial charge is 0.343 e. The summed E-state index contributed by atoms with van der Waals surface area (Å²) in [5.41, 5.74) is 0. The summed E-state index contributed by atoms with van der Waals surface area (Å²) in [5.74, 6) is 0. The Labute approximate surface area is 77.9 Å². The first-order valence-electron chi connectivity index (χ1n) is 3.82. The summed E-state index contributed by atoms with van der Waals surface area (Å²) in [6.45, 7) is 7.45. The smallest absolute Gasteiger partial charge is 0 e. The summed E-state index contributed by atoms with van der Waals surface area (Å²) >= 11 is 0. The Morgan fingerprint density at radius 2 is 1.70 bits per heavy atom. The Kier molecular flexibility index (Phi) is 15.7. The molecule has 0 N–H and O–H groups in total. The van der Waals surface area contributed by atoms with Crippen LogP contribution in [0.1, 0.15) is 38.5 Å². The van der Waals surface area contributed by atoms with Crippen molar-refractivity contribution in [2.45, 2.75) is 38.5 Å². The van der Waals surface area contributed by atoms with Crippen LogP contribution < -0.4 is 0 Å². The molecule has 0 heterocycles. The third-order valence-corrected chi connectivity index (χ3v) is 1.41. The zero-order chi connectivity index (χ0) is 6.95. The van der Waals surface area contributed by atoms with Crippen LogP contribution in [0.2, 0.25) is 0 Å². The predicted molar refractivity (Wildman–Crippen MR) is 43.3 cm³/mol. The average molecular weight is 191 g/mol. The van der Waals surface area contributed by atoms with Gasteiger partial charge in [-0.1, -0.05) is 25.3 Å². The van der Waals surface area contributed by atoms with E-state index in [0.29, 0.717) is 0 Å². The molecule has 0 unspecified atom stereocenters. The molecule has 0 aromatic rings. The fourth-order valence-electron chi connectivity index (χ4n) is 0.819. The summed E-state index contributed by atoms with van der Waals surface area (Å²) in [4.78, 5) is 0. The van der Waals surface area contributed by atoms with Crippen molar-refractivity contribution in [2.24, 2.45) is 0 Å². The van der Waals surface area contributed by atoms with E-state index >= 15 is 0 Å². The van der Waals surface area contributed by atoms with E-state index in [-0.39, 0.29) is 19.5 Å². The number of unbranched alkanes of at least 4 members (excludes halogenated alkanes) is 5. The van der Waals surface area contributed by atoms with Crippen LogP contribution in [0.3, 0.4) is 0 Å². The van der Waals surface area contributed by atoms with Crippen molar-refractivity contribution in [3.05, 3.63) is 19.6 Å². The van der Waals surface area contributed by atoms with Gasteiger partial charge >= 0.3 is 0 Å². The van der Waals surface area contributed by atoms with Gasteiger partial charge in [-0.25, -0.2) is 0 Å². The molecular weight excluding hydrogens is 173 g/mol.